The van der Waals surface area contributed by atoms with E-state index in [1.54, 1.807) is 12.3 Å². The van der Waals surface area contributed by atoms with E-state index in [2.05, 4.69) is 20.6 Å². The molecule has 8 heteroatoms. The van der Waals surface area contributed by atoms with Crippen LogP contribution in [0.25, 0.3) is 5.57 Å². The number of nitrogens with zero attached hydrogens (tertiary/aromatic N) is 3. The van der Waals surface area contributed by atoms with E-state index in [0.717, 1.165) is 28.3 Å². The molecule has 0 radical (unpaired) electrons. The second-order valence-electron chi connectivity index (χ2n) is 8.69. The number of rotatable bonds is 5. The Balaban J connectivity index is 0.00000544. The highest BCUT2D eigenvalue weighted by molar-refractivity contribution is 6.23. The van der Waals surface area contributed by atoms with Crippen molar-refractivity contribution in [1.82, 2.24) is 10.2 Å². The minimum atomic E-state index is -1.39. The lowest BCUT2D eigenvalue weighted by Crippen LogP contribution is -2.32. The van der Waals surface area contributed by atoms with Crippen molar-refractivity contribution in [3.8, 4) is 0 Å². The predicted octanol–water partition coefficient (Wildman–Crippen LogP) is 5.96. The summed E-state index contributed by atoms with van der Waals surface area (Å²) in [6.45, 7) is 11.0. The van der Waals surface area contributed by atoms with E-state index < -0.39 is 17.5 Å². The third-order valence-electron chi connectivity index (χ3n) is 5.15. The Morgan fingerprint density at radius 3 is 2.59 bits per heavy atom. The molecule has 0 fully saturated rings. The molecule has 1 heterocycles. The number of aliphatic imine (C=N–C) groups is 2. The molecular weight excluding hydrogens is 412 g/mol. The number of hydrogen-bond donors (Lipinski definition) is 2. The van der Waals surface area contributed by atoms with Gasteiger partial charge in [0.25, 0.3) is 0 Å². The Hall–Kier alpha value is -3.03. The van der Waals surface area contributed by atoms with Crippen LogP contribution in [0.4, 0.5) is 19.3 Å². The van der Waals surface area contributed by atoms with Gasteiger partial charge in [-0.25, -0.2) is 18.6 Å². The molecule has 178 valence electrons. The van der Waals surface area contributed by atoms with Gasteiger partial charge in [0, 0.05) is 33.9 Å². The van der Waals surface area contributed by atoms with Crippen LogP contribution in [-0.4, -0.2) is 48.4 Å². The second kappa shape index (κ2) is 10.5. The number of aryl methyl sites for hydroxylation is 1. The smallest absolute Gasteiger partial charge is 0.319 e. The number of nitrogens with one attached hydrogen (secondary N) is 2. The van der Waals surface area contributed by atoms with Gasteiger partial charge >= 0.3 is 6.03 Å². The summed E-state index contributed by atoms with van der Waals surface area (Å²) in [4.78, 5) is 23.3. The van der Waals surface area contributed by atoms with Gasteiger partial charge in [-0.1, -0.05) is 0 Å². The summed E-state index contributed by atoms with van der Waals surface area (Å²) < 4.78 is 28.2. The zero-order valence-electron chi connectivity index (χ0n) is 19.9. The lowest BCUT2D eigenvalue weighted by atomic mass is 9.94. The maximum absolute atomic E-state index is 14.6. The monoisotopic (exact) mass is 449 g/mol. The highest BCUT2D eigenvalue weighted by Crippen LogP contribution is 2.28. The third-order valence-corrected chi connectivity index (χ3v) is 5.15. The van der Waals surface area contributed by atoms with Gasteiger partial charge in [0.1, 0.15) is 24.0 Å². The van der Waals surface area contributed by atoms with Crippen LogP contribution in [0.1, 0.15) is 55.0 Å². The molecule has 0 atom stereocenters. The van der Waals surface area contributed by atoms with E-state index >= 15 is 0 Å². The molecule has 32 heavy (non-hydrogen) atoms. The van der Waals surface area contributed by atoms with Crippen molar-refractivity contribution in [3.63, 3.8) is 0 Å². The third kappa shape index (κ3) is 7.28. The average Bonchev–Trinajstić information content (AvgIpc) is 2.68. The first kappa shape index (κ1) is 25.2. The fourth-order valence-electron chi connectivity index (χ4n) is 3.03. The Kier molecular flexibility index (Phi) is 8.30. The SMILES string of the molecule is CC1=N/C=C(C)/C=C(c2cc(NC(=O)NCCC(C)(C)F)c(F)cc2C)\C(C)=N/CN1C.[HH].[HH]. The maximum Gasteiger partial charge on any atom is 0.319 e. The number of benzene rings is 1. The zero-order chi connectivity index (χ0) is 24.1. The molecule has 1 aromatic rings. The van der Waals surface area contributed by atoms with Gasteiger partial charge in [-0.2, -0.15) is 0 Å². The summed E-state index contributed by atoms with van der Waals surface area (Å²) in [7, 11) is 1.91. The Bertz CT molecular complexity index is 998. The molecule has 2 rings (SSSR count). The fraction of sp³-hybridized carbons (Fsp3) is 0.458. The van der Waals surface area contributed by atoms with Gasteiger partial charge < -0.3 is 15.5 Å². The van der Waals surface area contributed by atoms with E-state index in [0.29, 0.717) is 12.2 Å². The van der Waals surface area contributed by atoms with Crippen LogP contribution in [0.3, 0.4) is 0 Å². The molecule has 0 unspecified atom stereocenters. The van der Waals surface area contributed by atoms with Crippen molar-refractivity contribution >= 4 is 28.8 Å². The minimum Gasteiger partial charge on any atom is -0.344 e. The number of hydrogen-bond acceptors (Lipinski definition) is 4. The van der Waals surface area contributed by atoms with Crippen LogP contribution in [0, 0.1) is 12.7 Å². The van der Waals surface area contributed by atoms with Gasteiger partial charge in [0.15, 0.2) is 0 Å². The summed E-state index contributed by atoms with van der Waals surface area (Å²) in [5.74, 6) is 0.305. The lowest BCUT2D eigenvalue weighted by Gasteiger charge is -2.19. The van der Waals surface area contributed by atoms with E-state index in [9.17, 15) is 13.6 Å². The largest absolute Gasteiger partial charge is 0.344 e. The molecule has 1 aliphatic rings. The second-order valence-corrected chi connectivity index (χ2v) is 8.69. The first-order chi connectivity index (χ1) is 14.9. The number of urea groups is 1. The summed E-state index contributed by atoms with van der Waals surface area (Å²) in [6, 6.07) is 2.40. The highest BCUT2D eigenvalue weighted by Gasteiger charge is 2.17. The summed E-state index contributed by atoms with van der Waals surface area (Å²) in [5, 5.41) is 5.10. The van der Waals surface area contributed by atoms with Crippen molar-refractivity contribution in [2.75, 3.05) is 25.6 Å². The van der Waals surface area contributed by atoms with Gasteiger partial charge in [0.2, 0.25) is 0 Å². The van der Waals surface area contributed by atoms with Crippen molar-refractivity contribution in [3.05, 3.63) is 46.9 Å². The standard InChI is InChI=1S/C24H33F2N5O.2H2/c1-15-10-20(17(3)29-14-31(7)18(4)28-13-15)19-12-22(21(25)11-16(19)2)30-23(32)27-9-8-24(5,6)26;;/h10-13H,8-9,14H2,1-7H3,(H2,27,30,32);2*1H/b15-13+,20-10+,28-18?,29-17-;;. The van der Waals surface area contributed by atoms with Crippen LogP contribution < -0.4 is 10.6 Å². The van der Waals surface area contributed by atoms with Crippen molar-refractivity contribution in [2.45, 2.75) is 53.6 Å². The normalized spacial score (nSPS) is 20.2. The summed E-state index contributed by atoms with van der Waals surface area (Å²) >= 11 is 0. The quantitative estimate of drug-likeness (QED) is 0.583. The van der Waals surface area contributed by atoms with Gasteiger partial charge in [-0.15, -0.1) is 0 Å². The van der Waals surface area contributed by atoms with Crippen LogP contribution in [0.5, 0.6) is 0 Å². The minimum absolute atomic E-state index is 0. The van der Waals surface area contributed by atoms with Crippen LogP contribution in [0.2, 0.25) is 0 Å². The summed E-state index contributed by atoms with van der Waals surface area (Å²) in [5.41, 5.74) is 2.64. The van der Waals surface area contributed by atoms with Crippen molar-refractivity contribution < 1.29 is 16.4 Å². The molecule has 0 aliphatic carbocycles. The van der Waals surface area contributed by atoms with Gasteiger partial charge in [0.05, 0.1) is 5.69 Å². The topological polar surface area (TPSA) is 69.1 Å². The molecule has 2 amide bonds. The lowest BCUT2D eigenvalue weighted by molar-refractivity contribution is 0.200. The molecule has 2 N–H and O–H groups in total. The number of carbonyl (C=O) groups excluding carboxylic acids is 1. The number of carbonyl (C=O) groups is 1. The Morgan fingerprint density at radius 2 is 1.94 bits per heavy atom. The maximum atomic E-state index is 14.6. The van der Waals surface area contributed by atoms with E-state index in [4.69, 9.17) is 0 Å². The predicted molar refractivity (Wildman–Crippen MR) is 133 cm³/mol. The van der Waals surface area contributed by atoms with Gasteiger partial charge in [-0.05, 0) is 82.9 Å². The highest BCUT2D eigenvalue weighted by atomic mass is 19.1. The van der Waals surface area contributed by atoms with Gasteiger partial charge in [-0.3, -0.25) is 4.99 Å². The molecule has 0 spiro atoms. The number of amides is 2. The number of amidine groups is 1. The Labute approximate surface area is 192 Å². The molecule has 0 bridgehead atoms. The van der Waals surface area contributed by atoms with E-state index in [1.165, 1.54) is 19.9 Å². The number of alkyl halides is 1. The molecule has 0 aromatic heterocycles. The molecule has 6 nitrogen and oxygen atoms in total. The van der Waals surface area contributed by atoms with Crippen molar-refractivity contribution in [1.29, 1.82) is 0 Å². The van der Waals surface area contributed by atoms with Crippen LogP contribution in [0.15, 0.2) is 40.0 Å². The molecule has 0 saturated carbocycles. The number of anilines is 1. The average molecular weight is 450 g/mol. The first-order valence-electron chi connectivity index (χ1n) is 10.6. The number of allylic oxidation sites excluding steroid dienone is 3. The molecule has 1 aromatic carbocycles. The first-order valence-corrected chi connectivity index (χ1v) is 10.6. The zero-order valence-corrected chi connectivity index (χ0v) is 19.9. The van der Waals surface area contributed by atoms with E-state index in [1.807, 2.05) is 45.7 Å². The molecular formula is C24H37F2N5O. The fourth-order valence-corrected chi connectivity index (χ4v) is 3.03. The Morgan fingerprint density at radius 1 is 1.25 bits per heavy atom. The van der Waals surface area contributed by atoms with E-state index in [-0.39, 0.29) is 21.5 Å². The van der Waals surface area contributed by atoms with Crippen LogP contribution >= 0.6 is 0 Å². The molecule has 1 aliphatic heterocycles. The number of halogens is 2. The molecule has 0 saturated heterocycles. The van der Waals surface area contributed by atoms with Crippen LogP contribution in [-0.2, 0) is 0 Å². The van der Waals surface area contributed by atoms with Crippen molar-refractivity contribution in [2.24, 2.45) is 9.98 Å². The summed E-state index contributed by atoms with van der Waals surface area (Å²) in [6.07, 6.45) is 3.89.